The van der Waals surface area contributed by atoms with Crippen LogP contribution in [0.2, 0.25) is 0 Å². The van der Waals surface area contributed by atoms with Crippen LogP contribution < -0.4 is 4.74 Å². The Balaban J connectivity index is 1.90. The van der Waals surface area contributed by atoms with Crippen LogP contribution in [0.4, 0.5) is 0 Å². The Labute approximate surface area is 147 Å². The lowest BCUT2D eigenvalue weighted by Gasteiger charge is -2.13. The minimum atomic E-state index is 0.437. The molecule has 0 aliphatic heterocycles. The van der Waals surface area contributed by atoms with Gasteiger partial charge in [0.05, 0.1) is 0 Å². The molecule has 3 rings (SSSR count). The number of imidazole rings is 1. The number of aryl methyl sites for hydroxylation is 2. The standard InChI is InChI=1S/C20H21N3O2/c1-15-8-10-17(11-9-15)25-14-16-6-4-5-7-18(16)19(22-24-3)20-21-12-13-23(20)2/h4-13H,14H2,1-3H3/b22-19+. The van der Waals surface area contributed by atoms with Crippen molar-refractivity contribution in [1.82, 2.24) is 9.55 Å². The molecule has 2 aromatic carbocycles. The average molecular weight is 335 g/mol. The van der Waals surface area contributed by atoms with Crippen LogP contribution in [0.3, 0.4) is 0 Å². The molecule has 25 heavy (non-hydrogen) atoms. The quantitative estimate of drug-likeness (QED) is 0.510. The highest BCUT2D eigenvalue weighted by Gasteiger charge is 2.16. The summed E-state index contributed by atoms with van der Waals surface area (Å²) < 4.78 is 7.85. The van der Waals surface area contributed by atoms with E-state index in [0.29, 0.717) is 12.3 Å². The van der Waals surface area contributed by atoms with E-state index in [1.54, 1.807) is 6.20 Å². The fourth-order valence-electron chi connectivity index (χ4n) is 2.57. The summed E-state index contributed by atoms with van der Waals surface area (Å²) in [5.41, 5.74) is 3.84. The van der Waals surface area contributed by atoms with Gasteiger partial charge in [0.25, 0.3) is 0 Å². The van der Waals surface area contributed by atoms with Crippen molar-refractivity contribution in [2.45, 2.75) is 13.5 Å². The molecule has 0 unspecified atom stereocenters. The lowest BCUT2D eigenvalue weighted by Crippen LogP contribution is -2.14. The predicted molar refractivity (Wildman–Crippen MR) is 97.8 cm³/mol. The van der Waals surface area contributed by atoms with E-state index in [0.717, 1.165) is 22.7 Å². The van der Waals surface area contributed by atoms with Crippen LogP contribution in [0.5, 0.6) is 5.75 Å². The molecule has 0 N–H and O–H groups in total. The van der Waals surface area contributed by atoms with Gasteiger partial charge < -0.3 is 14.1 Å². The van der Waals surface area contributed by atoms with Gasteiger partial charge in [0.1, 0.15) is 19.5 Å². The molecule has 5 heteroatoms. The molecule has 0 fully saturated rings. The minimum absolute atomic E-state index is 0.437. The average Bonchev–Trinajstić information content (AvgIpc) is 3.05. The smallest absolute Gasteiger partial charge is 0.162 e. The van der Waals surface area contributed by atoms with E-state index in [4.69, 9.17) is 9.57 Å². The Kier molecular flexibility index (Phi) is 5.14. The molecule has 3 aromatic rings. The maximum atomic E-state index is 5.94. The monoisotopic (exact) mass is 335 g/mol. The number of ether oxygens (including phenoxy) is 1. The first kappa shape index (κ1) is 16.8. The fraction of sp³-hybridized carbons (Fsp3) is 0.200. The lowest BCUT2D eigenvalue weighted by atomic mass is 10.0. The SMILES string of the molecule is CO/N=C(\c1ccccc1COc1ccc(C)cc1)c1nccn1C. The number of nitrogens with zero attached hydrogens (tertiary/aromatic N) is 3. The van der Waals surface area contributed by atoms with Gasteiger partial charge in [-0.05, 0) is 24.6 Å². The summed E-state index contributed by atoms with van der Waals surface area (Å²) >= 11 is 0. The summed E-state index contributed by atoms with van der Waals surface area (Å²) in [4.78, 5) is 9.45. The minimum Gasteiger partial charge on any atom is -0.489 e. The lowest BCUT2D eigenvalue weighted by molar-refractivity contribution is 0.213. The van der Waals surface area contributed by atoms with Crippen LogP contribution in [0.25, 0.3) is 0 Å². The van der Waals surface area contributed by atoms with Crippen LogP contribution in [0, 0.1) is 6.92 Å². The summed E-state index contributed by atoms with van der Waals surface area (Å²) in [7, 11) is 3.47. The van der Waals surface area contributed by atoms with Gasteiger partial charge in [-0.3, -0.25) is 0 Å². The zero-order chi connectivity index (χ0) is 17.6. The normalized spacial score (nSPS) is 11.4. The Morgan fingerprint density at radius 3 is 2.56 bits per heavy atom. The largest absolute Gasteiger partial charge is 0.489 e. The summed E-state index contributed by atoms with van der Waals surface area (Å²) in [5, 5.41) is 4.20. The predicted octanol–water partition coefficient (Wildman–Crippen LogP) is 3.71. The van der Waals surface area contributed by atoms with E-state index >= 15 is 0 Å². The first-order chi connectivity index (χ1) is 12.2. The molecule has 0 amide bonds. The number of hydrogen-bond acceptors (Lipinski definition) is 4. The number of aromatic nitrogens is 2. The Hall–Kier alpha value is -3.08. The zero-order valence-corrected chi connectivity index (χ0v) is 14.6. The summed E-state index contributed by atoms with van der Waals surface area (Å²) in [5.74, 6) is 1.58. The second-order valence-electron chi connectivity index (χ2n) is 5.74. The van der Waals surface area contributed by atoms with Crippen molar-refractivity contribution in [2.24, 2.45) is 12.2 Å². The highest BCUT2D eigenvalue weighted by atomic mass is 16.6. The third-order valence-corrected chi connectivity index (χ3v) is 3.90. The Morgan fingerprint density at radius 1 is 1.12 bits per heavy atom. The zero-order valence-electron chi connectivity index (χ0n) is 14.6. The first-order valence-corrected chi connectivity index (χ1v) is 8.05. The van der Waals surface area contributed by atoms with E-state index in [9.17, 15) is 0 Å². The number of benzene rings is 2. The van der Waals surface area contributed by atoms with Crippen molar-refractivity contribution >= 4 is 5.71 Å². The van der Waals surface area contributed by atoms with Gasteiger partial charge in [-0.15, -0.1) is 0 Å². The van der Waals surface area contributed by atoms with Crippen LogP contribution in [0.1, 0.15) is 22.5 Å². The van der Waals surface area contributed by atoms with Crippen molar-refractivity contribution in [3.8, 4) is 5.75 Å². The number of oxime groups is 1. The molecule has 0 saturated heterocycles. The summed E-state index contributed by atoms with van der Waals surface area (Å²) in [6.07, 6.45) is 3.62. The molecule has 0 aliphatic carbocycles. The third kappa shape index (κ3) is 3.88. The second kappa shape index (κ2) is 7.66. The molecule has 128 valence electrons. The van der Waals surface area contributed by atoms with E-state index in [1.165, 1.54) is 12.7 Å². The van der Waals surface area contributed by atoms with Gasteiger partial charge in [-0.1, -0.05) is 47.1 Å². The molecule has 0 aliphatic rings. The van der Waals surface area contributed by atoms with Crippen molar-refractivity contribution < 1.29 is 9.57 Å². The van der Waals surface area contributed by atoms with E-state index in [2.05, 4.69) is 17.1 Å². The summed E-state index contributed by atoms with van der Waals surface area (Å²) in [6, 6.07) is 16.0. The molecule has 5 nitrogen and oxygen atoms in total. The molecule has 1 aromatic heterocycles. The molecule has 0 saturated carbocycles. The Bertz CT molecular complexity index is 867. The van der Waals surface area contributed by atoms with Crippen LogP contribution >= 0.6 is 0 Å². The summed E-state index contributed by atoms with van der Waals surface area (Å²) in [6.45, 7) is 2.49. The van der Waals surface area contributed by atoms with Gasteiger partial charge in [0.2, 0.25) is 0 Å². The maximum Gasteiger partial charge on any atom is 0.162 e. The van der Waals surface area contributed by atoms with Gasteiger partial charge in [-0.2, -0.15) is 0 Å². The molecule has 1 heterocycles. The van der Waals surface area contributed by atoms with Gasteiger partial charge >= 0.3 is 0 Å². The number of hydrogen-bond donors (Lipinski definition) is 0. The first-order valence-electron chi connectivity index (χ1n) is 8.05. The van der Waals surface area contributed by atoms with Crippen LogP contribution in [-0.2, 0) is 18.5 Å². The fourth-order valence-corrected chi connectivity index (χ4v) is 2.57. The van der Waals surface area contributed by atoms with E-state index in [-0.39, 0.29) is 0 Å². The van der Waals surface area contributed by atoms with E-state index in [1.807, 2.05) is 66.3 Å². The number of rotatable bonds is 6. The topological polar surface area (TPSA) is 48.6 Å². The molecule has 0 spiro atoms. The highest BCUT2D eigenvalue weighted by molar-refractivity contribution is 6.11. The third-order valence-electron chi connectivity index (χ3n) is 3.90. The molecule has 0 atom stereocenters. The molecule has 0 radical (unpaired) electrons. The second-order valence-corrected chi connectivity index (χ2v) is 5.74. The van der Waals surface area contributed by atoms with Gasteiger partial charge in [0.15, 0.2) is 11.5 Å². The molecular weight excluding hydrogens is 314 g/mol. The molecular formula is C20H21N3O2. The van der Waals surface area contributed by atoms with Crippen molar-refractivity contribution in [3.63, 3.8) is 0 Å². The van der Waals surface area contributed by atoms with Gasteiger partial charge in [0, 0.05) is 25.0 Å². The van der Waals surface area contributed by atoms with Crippen LogP contribution in [-0.4, -0.2) is 22.4 Å². The van der Waals surface area contributed by atoms with Gasteiger partial charge in [-0.25, -0.2) is 4.98 Å². The van der Waals surface area contributed by atoms with Crippen molar-refractivity contribution in [3.05, 3.63) is 83.4 Å². The highest BCUT2D eigenvalue weighted by Crippen LogP contribution is 2.18. The van der Waals surface area contributed by atoms with E-state index < -0.39 is 0 Å². The van der Waals surface area contributed by atoms with Crippen molar-refractivity contribution in [2.75, 3.05) is 7.11 Å². The Morgan fingerprint density at radius 2 is 1.88 bits per heavy atom. The molecule has 0 bridgehead atoms. The maximum absolute atomic E-state index is 5.94. The van der Waals surface area contributed by atoms with Crippen LogP contribution in [0.15, 0.2) is 66.1 Å². The van der Waals surface area contributed by atoms with Crippen molar-refractivity contribution in [1.29, 1.82) is 0 Å².